The fourth-order valence-electron chi connectivity index (χ4n) is 2.52. The summed E-state index contributed by atoms with van der Waals surface area (Å²) in [6.45, 7) is 2.66. The molecule has 0 saturated heterocycles. The van der Waals surface area contributed by atoms with E-state index in [1.54, 1.807) is 12.1 Å². The van der Waals surface area contributed by atoms with Gasteiger partial charge in [0, 0.05) is 13.5 Å². The van der Waals surface area contributed by atoms with Gasteiger partial charge in [0.25, 0.3) is 0 Å². The largest absolute Gasteiger partial charge is 0.486 e. The van der Waals surface area contributed by atoms with E-state index in [4.69, 9.17) is 9.47 Å². The van der Waals surface area contributed by atoms with Crippen molar-refractivity contribution >= 4 is 11.9 Å². The summed E-state index contributed by atoms with van der Waals surface area (Å²) in [5.41, 5.74) is 2.65. The highest BCUT2D eigenvalue weighted by Crippen LogP contribution is 2.38. The molecule has 2 N–H and O–H groups in total. The highest BCUT2D eigenvalue weighted by molar-refractivity contribution is 5.94. The number of nitrogens with one attached hydrogen (secondary N) is 1. The first kappa shape index (κ1) is 15.9. The van der Waals surface area contributed by atoms with Gasteiger partial charge in [-0.05, 0) is 28.8 Å². The molecule has 0 bridgehead atoms. The Labute approximate surface area is 139 Å². The quantitative estimate of drug-likeness (QED) is 0.901. The Morgan fingerprint density at radius 2 is 1.79 bits per heavy atom. The Morgan fingerprint density at radius 1 is 1.08 bits per heavy atom. The number of aromatic carboxylic acids is 1. The van der Waals surface area contributed by atoms with Gasteiger partial charge < -0.3 is 19.9 Å². The Balaban J connectivity index is 1.93. The van der Waals surface area contributed by atoms with Crippen LogP contribution in [0.4, 0.5) is 0 Å². The molecule has 24 heavy (non-hydrogen) atoms. The maximum Gasteiger partial charge on any atom is 0.339 e. The summed E-state index contributed by atoms with van der Waals surface area (Å²) in [6, 6.07) is 10.9. The van der Waals surface area contributed by atoms with Crippen LogP contribution in [0, 0.1) is 0 Å². The highest BCUT2D eigenvalue weighted by atomic mass is 16.6. The van der Waals surface area contributed by atoms with E-state index in [-0.39, 0.29) is 17.2 Å². The van der Waals surface area contributed by atoms with Crippen molar-refractivity contribution < 1.29 is 24.2 Å². The van der Waals surface area contributed by atoms with Gasteiger partial charge in [0.1, 0.15) is 18.8 Å². The van der Waals surface area contributed by atoms with Gasteiger partial charge in [-0.2, -0.15) is 0 Å². The molecule has 1 heterocycles. The predicted molar refractivity (Wildman–Crippen MR) is 87.3 cm³/mol. The van der Waals surface area contributed by atoms with Crippen molar-refractivity contribution in [3.63, 3.8) is 0 Å². The van der Waals surface area contributed by atoms with E-state index in [0.29, 0.717) is 25.5 Å². The van der Waals surface area contributed by atoms with Crippen molar-refractivity contribution in [2.45, 2.75) is 13.5 Å². The SMILES string of the molecule is CC(=O)NCc1ccc(-c2cc3c(c(C(=O)O)c2)OCCO3)cc1. The number of fused-ring (bicyclic) bond motifs is 1. The van der Waals surface area contributed by atoms with Gasteiger partial charge in [0.15, 0.2) is 11.5 Å². The summed E-state index contributed by atoms with van der Waals surface area (Å²) in [5.74, 6) is -0.420. The van der Waals surface area contributed by atoms with Crippen molar-refractivity contribution in [1.29, 1.82) is 0 Å². The van der Waals surface area contributed by atoms with E-state index in [1.807, 2.05) is 24.3 Å². The third-order valence-corrected chi connectivity index (χ3v) is 3.70. The van der Waals surface area contributed by atoms with E-state index in [0.717, 1.165) is 16.7 Å². The lowest BCUT2D eigenvalue weighted by Crippen LogP contribution is -2.18. The van der Waals surface area contributed by atoms with Crippen LogP contribution in [0.1, 0.15) is 22.8 Å². The maximum absolute atomic E-state index is 11.5. The van der Waals surface area contributed by atoms with Gasteiger partial charge >= 0.3 is 5.97 Å². The number of carboxylic acid groups (broad SMARTS) is 1. The van der Waals surface area contributed by atoms with Crippen LogP contribution in [0.25, 0.3) is 11.1 Å². The predicted octanol–water partition coefficient (Wildman–Crippen LogP) is 2.46. The minimum atomic E-state index is -1.05. The number of hydrogen-bond donors (Lipinski definition) is 2. The molecular formula is C18H17NO5. The van der Waals surface area contributed by atoms with E-state index in [9.17, 15) is 14.7 Å². The van der Waals surface area contributed by atoms with Gasteiger partial charge in [-0.1, -0.05) is 24.3 Å². The second kappa shape index (κ2) is 6.62. The van der Waals surface area contributed by atoms with Gasteiger partial charge in [0.05, 0.1) is 0 Å². The average Bonchev–Trinajstić information content (AvgIpc) is 2.59. The lowest BCUT2D eigenvalue weighted by Gasteiger charge is -2.21. The molecule has 2 aromatic carbocycles. The van der Waals surface area contributed by atoms with Crippen molar-refractivity contribution in [2.24, 2.45) is 0 Å². The minimum absolute atomic E-state index is 0.0861. The molecule has 0 spiro atoms. The fraction of sp³-hybridized carbons (Fsp3) is 0.222. The molecule has 0 saturated carbocycles. The van der Waals surface area contributed by atoms with Crippen molar-refractivity contribution in [1.82, 2.24) is 5.32 Å². The number of rotatable bonds is 4. The zero-order valence-electron chi connectivity index (χ0n) is 13.2. The molecule has 0 aromatic heterocycles. The van der Waals surface area contributed by atoms with Gasteiger partial charge in [0.2, 0.25) is 5.91 Å². The molecule has 3 rings (SSSR count). The summed E-state index contributed by atoms with van der Waals surface area (Å²) in [7, 11) is 0. The van der Waals surface area contributed by atoms with Crippen LogP contribution in [0.5, 0.6) is 11.5 Å². The number of carboxylic acids is 1. The minimum Gasteiger partial charge on any atom is -0.486 e. The first-order valence-corrected chi connectivity index (χ1v) is 7.55. The average molecular weight is 327 g/mol. The number of amides is 1. The molecular weight excluding hydrogens is 310 g/mol. The summed E-state index contributed by atoms with van der Waals surface area (Å²) in [6.07, 6.45) is 0. The first-order valence-electron chi connectivity index (χ1n) is 7.55. The van der Waals surface area contributed by atoms with E-state index >= 15 is 0 Å². The topological polar surface area (TPSA) is 84.9 Å². The molecule has 2 aromatic rings. The lowest BCUT2D eigenvalue weighted by atomic mass is 10.00. The summed E-state index contributed by atoms with van der Waals surface area (Å²) >= 11 is 0. The van der Waals surface area contributed by atoms with E-state index < -0.39 is 5.97 Å². The maximum atomic E-state index is 11.5. The van der Waals surface area contributed by atoms with Gasteiger partial charge in [-0.25, -0.2) is 4.79 Å². The molecule has 0 atom stereocenters. The monoisotopic (exact) mass is 327 g/mol. The van der Waals surface area contributed by atoms with Crippen LogP contribution in [0.2, 0.25) is 0 Å². The number of carbonyl (C=O) groups excluding carboxylic acids is 1. The Hall–Kier alpha value is -3.02. The molecule has 6 heteroatoms. The van der Waals surface area contributed by atoms with Crippen LogP contribution in [-0.2, 0) is 11.3 Å². The first-order chi connectivity index (χ1) is 11.5. The van der Waals surface area contributed by atoms with Crippen molar-refractivity contribution in [3.05, 3.63) is 47.5 Å². The molecule has 0 fully saturated rings. The zero-order chi connectivity index (χ0) is 17.1. The van der Waals surface area contributed by atoms with Gasteiger partial charge in [-0.15, -0.1) is 0 Å². The molecule has 0 aliphatic carbocycles. The summed E-state index contributed by atoms with van der Waals surface area (Å²) < 4.78 is 11.0. The molecule has 6 nitrogen and oxygen atoms in total. The second-order valence-corrected chi connectivity index (χ2v) is 5.46. The zero-order valence-corrected chi connectivity index (χ0v) is 13.2. The fourth-order valence-corrected chi connectivity index (χ4v) is 2.52. The Kier molecular flexibility index (Phi) is 4.37. The highest BCUT2D eigenvalue weighted by Gasteiger charge is 2.22. The summed E-state index contributed by atoms with van der Waals surface area (Å²) in [5, 5.41) is 12.1. The molecule has 1 aliphatic rings. The third-order valence-electron chi connectivity index (χ3n) is 3.70. The number of ether oxygens (including phenoxy) is 2. The summed E-state index contributed by atoms with van der Waals surface area (Å²) in [4.78, 5) is 22.4. The number of hydrogen-bond acceptors (Lipinski definition) is 4. The third kappa shape index (κ3) is 3.32. The molecule has 1 aliphatic heterocycles. The lowest BCUT2D eigenvalue weighted by molar-refractivity contribution is -0.119. The standard InChI is InChI=1S/C18H17NO5/c1-11(20)19-10-12-2-4-13(5-3-12)14-8-15(18(21)22)17-16(9-14)23-6-7-24-17/h2-5,8-9H,6-7,10H2,1H3,(H,19,20)(H,21,22). The van der Waals surface area contributed by atoms with Crippen molar-refractivity contribution in [3.8, 4) is 22.6 Å². The van der Waals surface area contributed by atoms with Crippen LogP contribution < -0.4 is 14.8 Å². The van der Waals surface area contributed by atoms with E-state index in [1.165, 1.54) is 6.92 Å². The normalized spacial score (nSPS) is 12.5. The smallest absolute Gasteiger partial charge is 0.339 e. The Morgan fingerprint density at radius 3 is 2.46 bits per heavy atom. The Bertz CT molecular complexity index is 783. The van der Waals surface area contributed by atoms with Crippen LogP contribution in [0.3, 0.4) is 0 Å². The number of benzene rings is 2. The second-order valence-electron chi connectivity index (χ2n) is 5.46. The molecule has 1 amide bonds. The van der Waals surface area contributed by atoms with Crippen LogP contribution in [-0.4, -0.2) is 30.2 Å². The van der Waals surface area contributed by atoms with Crippen LogP contribution >= 0.6 is 0 Å². The molecule has 0 unspecified atom stereocenters. The molecule has 124 valence electrons. The molecule has 0 radical (unpaired) electrons. The van der Waals surface area contributed by atoms with Crippen LogP contribution in [0.15, 0.2) is 36.4 Å². The number of carbonyl (C=O) groups is 2. The van der Waals surface area contributed by atoms with E-state index in [2.05, 4.69) is 5.32 Å². The van der Waals surface area contributed by atoms with Crippen molar-refractivity contribution in [2.75, 3.05) is 13.2 Å². The van der Waals surface area contributed by atoms with Gasteiger partial charge in [-0.3, -0.25) is 4.79 Å².